The van der Waals surface area contributed by atoms with Gasteiger partial charge >= 0.3 is 5.63 Å². The number of hydrogen-bond donors (Lipinski definition) is 1. The third-order valence-electron chi connectivity index (χ3n) is 3.81. The Morgan fingerprint density at radius 1 is 1.11 bits per heavy atom. The second-order valence-corrected chi connectivity index (χ2v) is 8.97. The summed E-state index contributed by atoms with van der Waals surface area (Å²) in [7, 11) is -0.814. The molecule has 27 heavy (non-hydrogen) atoms. The average Bonchev–Trinajstić information content (AvgIpc) is 2.61. The summed E-state index contributed by atoms with van der Waals surface area (Å²) >= 11 is 3.32. The van der Waals surface area contributed by atoms with Crippen LogP contribution in [-0.4, -0.2) is 32.7 Å². The minimum atomic E-state index is -3.64. The molecular weight excluding hydrogens is 436 g/mol. The third-order valence-corrected chi connectivity index (χ3v) is 6.11. The van der Waals surface area contributed by atoms with Gasteiger partial charge in [-0.1, -0.05) is 22.0 Å². The molecule has 1 heterocycles. The topological polar surface area (TPSA) is 96.7 Å². The van der Waals surface area contributed by atoms with Gasteiger partial charge in [0.25, 0.3) is 5.91 Å². The summed E-state index contributed by atoms with van der Waals surface area (Å²) in [6.45, 7) is 0. The number of carbonyl (C=O) groups is 1. The van der Waals surface area contributed by atoms with E-state index < -0.39 is 21.6 Å². The number of fused-ring (bicyclic) bond motifs is 1. The molecule has 0 aliphatic rings. The maximum atomic E-state index is 12.5. The third kappa shape index (κ3) is 3.95. The largest absolute Gasteiger partial charge is 0.422 e. The maximum Gasteiger partial charge on any atom is 0.349 e. The number of rotatable bonds is 4. The smallest absolute Gasteiger partial charge is 0.349 e. The molecule has 0 spiro atoms. The van der Waals surface area contributed by atoms with Crippen LogP contribution in [-0.2, 0) is 10.0 Å². The highest BCUT2D eigenvalue weighted by atomic mass is 79.9. The average molecular weight is 451 g/mol. The molecule has 0 atom stereocenters. The van der Waals surface area contributed by atoms with E-state index in [4.69, 9.17) is 4.42 Å². The van der Waals surface area contributed by atoms with E-state index in [-0.39, 0.29) is 16.1 Å². The van der Waals surface area contributed by atoms with Gasteiger partial charge < -0.3 is 9.73 Å². The van der Waals surface area contributed by atoms with Crippen molar-refractivity contribution in [3.05, 3.63) is 69.0 Å². The molecule has 7 nitrogen and oxygen atoms in total. The van der Waals surface area contributed by atoms with Crippen molar-refractivity contribution in [2.45, 2.75) is 4.90 Å². The molecule has 0 bridgehead atoms. The van der Waals surface area contributed by atoms with Crippen LogP contribution < -0.4 is 10.9 Å². The summed E-state index contributed by atoms with van der Waals surface area (Å²) in [6, 6.07) is 12.3. The van der Waals surface area contributed by atoms with E-state index in [1.165, 1.54) is 44.4 Å². The summed E-state index contributed by atoms with van der Waals surface area (Å²) < 4.78 is 31.5. The molecule has 3 aromatic rings. The van der Waals surface area contributed by atoms with Gasteiger partial charge in [-0.05, 0) is 42.5 Å². The molecule has 0 aliphatic carbocycles. The summed E-state index contributed by atoms with van der Waals surface area (Å²) in [4.78, 5) is 24.7. The Balaban J connectivity index is 1.96. The molecule has 140 valence electrons. The fourth-order valence-corrected chi connectivity index (χ4v) is 3.72. The lowest BCUT2D eigenvalue weighted by Crippen LogP contribution is -2.23. The van der Waals surface area contributed by atoms with Gasteiger partial charge in [-0.15, -0.1) is 0 Å². The fourth-order valence-electron chi connectivity index (χ4n) is 2.40. The van der Waals surface area contributed by atoms with Gasteiger partial charge in [0.05, 0.1) is 4.90 Å². The minimum absolute atomic E-state index is 0.0276. The van der Waals surface area contributed by atoms with Crippen LogP contribution in [0.3, 0.4) is 0 Å². The zero-order chi connectivity index (χ0) is 19.8. The van der Waals surface area contributed by atoms with Gasteiger partial charge in [0, 0.05) is 29.6 Å². The number of anilines is 1. The Bertz CT molecular complexity index is 1200. The summed E-state index contributed by atoms with van der Waals surface area (Å²) in [5, 5.41) is 3.12. The number of carbonyl (C=O) groups excluding carboxylic acids is 1. The van der Waals surface area contributed by atoms with Gasteiger partial charge in [-0.3, -0.25) is 4.79 Å². The van der Waals surface area contributed by atoms with E-state index in [0.29, 0.717) is 11.0 Å². The molecule has 0 saturated carbocycles. The second kappa shape index (κ2) is 7.26. The Hall–Kier alpha value is -2.49. The number of nitrogens with zero attached hydrogens (tertiary/aromatic N) is 1. The molecule has 2 aromatic carbocycles. The standard InChI is InChI=1S/C18H15BrN2O5S/c1-21(2)27(24,25)14-5-3-4-13(10-14)20-17(22)15-9-11-8-12(19)6-7-16(11)26-18(15)23/h3-10H,1-2H3,(H,20,22). The number of hydrogen-bond acceptors (Lipinski definition) is 5. The molecular formula is C18H15BrN2O5S. The van der Waals surface area contributed by atoms with Crippen LogP contribution in [0.15, 0.2) is 67.1 Å². The molecule has 1 N–H and O–H groups in total. The van der Waals surface area contributed by atoms with Gasteiger partial charge in [0.1, 0.15) is 11.1 Å². The van der Waals surface area contributed by atoms with Crippen molar-refractivity contribution in [1.82, 2.24) is 4.31 Å². The highest BCUT2D eigenvalue weighted by molar-refractivity contribution is 9.10. The van der Waals surface area contributed by atoms with Crippen molar-refractivity contribution in [1.29, 1.82) is 0 Å². The van der Waals surface area contributed by atoms with Crippen LogP contribution in [0.1, 0.15) is 10.4 Å². The van der Waals surface area contributed by atoms with Crippen molar-refractivity contribution >= 4 is 48.5 Å². The first-order valence-corrected chi connectivity index (χ1v) is 9.99. The predicted molar refractivity (Wildman–Crippen MR) is 105 cm³/mol. The summed E-state index contributed by atoms with van der Waals surface area (Å²) in [5.74, 6) is -0.690. The van der Waals surface area contributed by atoms with Crippen molar-refractivity contribution in [2.75, 3.05) is 19.4 Å². The number of benzene rings is 2. The lowest BCUT2D eigenvalue weighted by atomic mass is 10.1. The molecule has 0 fully saturated rings. The van der Waals surface area contributed by atoms with E-state index in [9.17, 15) is 18.0 Å². The first-order chi connectivity index (χ1) is 12.7. The number of amides is 1. The lowest BCUT2D eigenvalue weighted by Gasteiger charge is -2.12. The van der Waals surface area contributed by atoms with Gasteiger partial charge in [0.15, 0.2) is 0 Å². The van der Waals surface area contributed by atoms with E-state index in [1.807, 2.05) is 0 Å². The molecule has 1 aromatic heterocycles. The van der Waals surface area contributed by atoms with Crippen LogP contribution in [0, 0.1) is 0 Å². The number of nitrogens with one attached hydrogen (secondary N) is 1. The monoisotopic (exact) mass is 450 g/mol. The Kier molecular flexibility index (Phi) is 5.18. The zero-order valence-corrected chi connectivity index (χ0v) is 16.8. The summed E-state index contributed by atoms with van der Waals surface area (Å²) in [6.07, 6.45) is 0. The number of sulfonamides is 1. The van der Waals surface area contributed by atoms with Crippen molar-refractivity contribution in [3.8, 4) is 0 Å². The Morgan fingerprint density at radius 2 is 1.85 bits per heavy atom. The molecule has 0 radical (unpaired) electrons. The van der Waals surface area contributed by atoms with Crippen LogP contribution in [0.2, 0.25) is 0 Å². The Morgan fingerprint density at radius 3 is 2.56 bits per heavy atom. The van der Waals surface area contributed by atoms with Crippen molar-refractivity contribution < 1.29 is 17.6 Å². The SMILES string of the molecule is CN(C)S(=O)(=O)c1cccc(NC(=O)c2cc3cc(Br)ccc3oc2=O)c1. The zero-order valence-electron chi connectivity index (χ0n) is 14.4. The number of halogens is 1. The van der Waals surface area contributed by atoms with Gasteiger partial charge in [0.2, 0.25) is 10.0 Å². The first kappa shape index (κ1) is 19.3. The highest BCUT2D eigenvalue weighted by Gasteiger charge is 2.19. The molecule has 3 rings (SSSR count). The molecule has 0 aliphatic heterocycles. The molecule has 1 amide bonds. The normalized spacial score (nSPS) is 11.7. The quantitative estimate of drug-likeness (QED) is 0.616. The van der Waals surface area contributed by atoms with Crippen LogP contribution in [0.4, 0.5) is 5.69 Å². The van der Waals surface area contributed by atoms with Crippen molar-refractivity contribution in [3.63, 3.8) is 0 Å². The van der Waals surface area contributed by atoms with E-state index >= 15 is 0 Å². The van der Waals surface area contributed by atoms with Crippen LogP contribution >= 0.6 is 15.9 Å². The Labute approximate surface area is 163 Å². The molecule has 0 saturated heterocycles. The van der Waals surface area contributed by atoms with E-state index in [0.717, 1.165) is 8.78 Å². The van der Waals surface area contributed by atoms with Gasteiger partial charge in [-0.2, -0.15) is 0 Å². The molecule has 0 unspecified atom stereocenters. The minimum Gasteiger partial charge on any atom is -0.422 e. The first-order valence-electron chi connectivity index (χ1n) is 7.76. The predicted octanol–water partition coefficient (Wildman–Crippen LogP) is 3.06. The highest BCUT2D eigenvalue weighted by Crippen LogP contribution is 2.21. The van der Waals surface area contributed by atoms with Crippen LogP contribution in [0.25, 0.3) is 11.0 Å². The maximum absolute atomic E-state index is 12.5. The fraction of sp³-hybridized carbons (Fsp3) is 0.111. The van der Waals surface area contributed by atoms with E-state index in [1.54, 1.807) is 18.2 Å². The van der Waals surface area contributed by atoms with Gasteiger partial charge in [-0.25, -0.2) is 17.5 Å². The lowest BCUT2D eigenvalue weighted by molar-refractivity contribution is 0.102. The summed E-state index contributed by atoms with van der Waals surface area (Å²) in [5.41, 5.74) is -0.351. The van der Waals surface area contributed by atoms with E-state index in [2.05, 4.69) is 21.2 Å². The van der Waals surface area contributed by atoms with Crippen molar-refractivity contribution in [2.24, 2.45) is 0 Å². The molecule has 9 heteroatoms. The van der Waals surface area contributed by atoms with Crippen LogP contribution in [0.5, 0.6) is 0 Å². The second-order valence-electron chi connectivity index (χ2n) is 5.90.